The summed E-state index contributed by atoms with van der Waals surface area (Å²) in [6.07, 6.45) is 1.98. The van der Waals surface area contributed by atoms with E-state index in [9.17, 15) is 4.79 Å². The second kappa shape index (κ2) is 7.09. The molecule has 5 rings (SSSR count). The number of carbonyl (C=O) groups excluding carboxylic acids is 1. The summed E-state index contributed by atoms with van der Waals surface area (Å²) in [7, 11) is 3.81. The molecule has 2 aliphatic rings. The standard InChI is InChI=1S/C23H28N8O/c1-13-9-10-18-27-28-21(31(13)18)16-7-6-8-17(25-16)30-12-15-14(22(30)32)11-19(29(4)5)26-20(15)23(2,3)24/h6-8,11,13H,9-10,12,24H2,1-5H3/t13-/m1/s1. The Morgan fingerprint density at radius 2 is 1.97 bits per heavy atom. The van der Waals surface area contributed by atoms with E-state index >= 15 is 0 Å². The van der Waals surface area contributed by atoms with Crippen molar-refractivity contribution in [2.45, 2.75) is 51.7 Å². The lowest BCUT2D eigenvalue weighted by molar-refractivity contribution is 0.0996. The first kappa shape index (κ1) is 20.6. The zero-order valence-electron chi connectivity index (χ0n) is 19.1. The predicted molar refractivity (Wildman–Crippen MR) is 123 cm³/mol. The minimum Gasteiger partial charge on any atom is -0.363 e. The summed E-state index contributed by atoms with van der Waals surface area (Å²) >= 11 is 0. The number of fused-ring (bicyclic) bond motifs is 2. The van der Waals surface area contributed by atoms with Gasteiger partial charge in [-0.1, -0.05) is 6.07 Å². The molecule has 2 N–H and O–H groups in total. The molecule has 3 aromatic rings. The van der Waals surface area contributed by atoms with Crippen LogP contribution in [0.15, 0.2) is 24.3 Å². The lowest BCUT2D eigenvalue weighted by Crippen LogP contribution is -2.32. The van der Waals surface area contributed by atoms with Crippen LogP contribution in [0.2, 0.25) is 0 Å². The number of rotatable bonds is 4. The minimum atomic E-state index is -0.681. The summed E-state index contributed by atoms with van der Waals surface area (Å²) in [5.41, 5.74) is 8.69. The van der Waals surface area contributed by atoms with Gasteiger partial charge in [-0.25, -0.2) is 9.97 Å². The molecule has 9 nitrogen and oxygen atoms in total. The van der Waals surface area contributed by atoms with E-state index in [1.807, 2.05) is 57.1 Å². The molecule has 5 heterocycles. The zero-order valence-corrected chi connectivity index (χ0v) is 19.1. The van der Waals surface area contributed by atoms with Gasteiger partial charge in [0.1, 0.15) is 23.2 Å². The quantitative estimate of drug-likeness (QED) is 0.675. The minimum absolute atomic E-state index is 0.0968. The number of anilines is 2. The summed E-state index contributed by atoms with van der Waals surface area (Å²) in [5, 5.41) is 8.71. The maximum absolute atomic E-state index is 13.5. The molecule has 1 atom stereocenters. The van der Waals surface area contributed by atoms with Crippen molar-refractivity contribution in [2.24, 2.45) is 5.73 Å². The van der Waals surface area contributed by atoms with E-state index in [1.54, 1.807) is 4.90 Å². The average molecular weight is 433 g/mol. The molecular weight excluding hydrogens is 404 g/mol. The number of pyridine rings is 2. The first-order valence-corrected chi connectivity index (χ1v) is 10.9. The normalized spacial score (nSPS) is 17.6. The van der Waals surface area contributed by atoms with Gasteiger partial charge in [-0.05, 0) is 45.4 Å². The molecule has 0 radical (unpaired) electrons. The fraction of sp³-hybridized carbons (Fsp3) is 0.435. The summed E-state index contributed by atoms with van der Waals surface area (Å²) in [6.45, 7) is 6.37. The van der Waals surface area contributed by atoms with E-state index in [1.165, 1.54) is 0 Å². The molecule has 0 saturated heterocycles. The molecule has 0 saturated carbocycles. The van der Waals surface area contributed by atoms with Gasteiger partial charge in [0, 0.05) is 32.1 Å². The molecule has 0 fully saturated rings. The number of nitrogens with two attached hydrogens (primary N) is 1. The van der Waals surface area contributed by atoms with E-state index in [4.69, 9.17) is 15.7 Å². The number of hydrogen-bond donors (Lipinski definition) is 1. The van der Waals surface area contributed by atoms with Crippen LogP contribution in [0.4, 0.5) is 11.6 Å². The number of aromatic nitrogens is 5. The van der Waals surface area contributed by atoms with Crippen LogP contribution in [0.3, 0.4) is 0 Å². The Balaban J connectivity index is 1.56. The van der Waals surface area contributed by atoms with Crippen LogP contribution in [0.25, 0.3) is 11.5 Å². The van der Waals surface area contributed by atoms with Gasteiger partial charge >= 0.3 is 0 Å². The van der Waals surface area contributed by atoms with Gasteiger partial charge in [0.05, 0.1) is 23.3 Å². The highest BCUT2D eigenvalue weighted by atomic mass is 16.2. The molecule has 0 spiro atoms. The summed E-state index contributed by atoms with van der Waals surface area (Å²) < 4.78 is 2.15. The number of amides is 1. The number of nitrogens with zero attached hydrogens (tertiary/aromatic N) is 7. The van der Waals surface area contributed by atoms with Crippen molar-refractivity contribution in [3.63, 3.8) is 0 Å². The Morgan fingerprint density at radius 1 is 1.19 bits per heavy atom. The molecule has 166 valence electrons. The molecule has 0 unspecified atom stereocenters. The van der Waals surface area contributed by atoms with E-state index in [-0.39, 0.29) is 5.91 Å². The predicted octanol–water partition coefficient (Wildman–Crippen LogP) is 2.66. The number of hydrogen-bond acceptors (Lipinski definition) is 7. The lowest BCUT2D eigenvalue weighted by Gasteiger charge is -2.23. The fourth-order valence-corrected chi connectivity index (χ4v) is 4.53. The van der Waals surface area contributed by atoms with Gasteiger partial charge in [0.2, 0.25) is 0 Å². The first-order chi connectivity index (χ1) is 15.1. The Labute approximate surface area is 187 Å². The topological polar surface area (TPSA) is 106 Å². The highest BCUT2D eigenvalue weighted by Crippen LogP contribution is 2.36. The molecular formula is C23H28N8O. The molecule has 1 amide bonds. The highest BCUT2D eigenvalue weighted by molar-refractivity contribution is 6.10. The first-order valence-electron chi connectivity index (χ1n) is 10.9. The molecule has 0 aliphatic carbocycles. The van der Waals surface area contributed by atoms with Crippen LogP contribution < -0.4 is 15.5 Å². The highest BCUT2D eigenvalue weighted by Gasteiger charge is 2.36. The Kier molecular flexibility index (Phi) is 4.56. The summed E-state index contributed by atoms with van der Waals surface area (Å²) in [5.74, 6) is 2.93. The third-order valence-electron chi connectivity index (χ3n) is 6.20. The van der Waals surface area contributed by atoms with Crippen molar-refractivity contribution < 1.29 is 4.79 Å². The summed E-state index contributed by atoms with van der Waals surface area (Å²) in [6, 6.07) is 7.85. The van der Waals surface area contributed by atoms with Crippen LogP contribution in [0.1, 0.15) is 60.7 Å². The van der Waals surface area contributed by atoms with E-state index < -0.39 is 5.54 Å². The van der Waals surface area contributed by atoms with Gasteiger partial charge < -0.3 is 15.2 Å². The maximum atomic E-state index is 13.5. The zero-order chi connectivity index (χ0) is 22.8. The third-order valence-corrected chi connectivity index (χ3v) is 6.20. The lowest BCUT2D eigenvalue weighted by atomic mass is 9.94. The second-order valence-electron chi connectivity index (χ2n) is 9.44. The van der Waals surface area contributed by atoms with Gasteiger partial charge in [0.15, 0.2) is 5.82 Å². The number of aryl methyl sites for hydroxylation is 1. The Hall–Kier alpha value is -3.33. The molecule has 32 heavy (non-hydrogen) atoms. The average Bonchev–Trinajstić information content (AvgIpc) is 3.42. The largest absolute Gasteiger partial charge is 0.363 e. The van der Waals surface area contributed by atoms with Crippen LogP contribution in [0, 0.1) is 0 Å². The van der Waals surface area contributed by atoms with Crippen LogP contribution in [-0.2, 0) is 18.5 Å². The number of carbonyl (C=O) groups is 1. The van der Waals surface area contributed by atoms with Gasteiger partial charge in [-0.2, -0.15) is 0 Å². The molecule has 2 aliphatic heterocycles. The fourth-order valence-electron chi connectivity index (χ4n) is 4.53. The van der Waals surface area contributed by atoms with Crippen LogP contribution >= 0.6 is 0 Å². The Bertz CT molecular complexity index is 1220. The molecule has 0 bridgehead atoms. The SMILES string of the molecule is C[C@@H]1CCc2nnc(-c3cccc(N4Cc5c(cc(N(C)C)nc5C(C)(C)N)C4=O)n3)n21. The third kappa shape index (κ3) is 3.15. The van der Waals surface area contributed by atoms with Crippen molar-refractivity contribution in [2.75, 3.05) is 23.9 Å². The Morgan fingerprint density at radius 3 is 2.69 bits per heavy atom. The van der Waals surface area contributed by atoms with Crippen LogP contribution in [0.5, 0.6) is 0 Å². The monoisotopic (exact) mass is 432 g/mol. The smallest absolute Gasteiger partial charge is 0.260 e. The molecule has 9 heteroatoms. The van der Waals surface area contributed by atoms with Crippen molar-refractivity contribution in [3.8, 4) is 11.5 Å². The molecule has 0 aromatic carbocycles. The van der Waals surface area contributed by atoms with Gasteiger partial charge in [0.25, 0.3) is 5.91 Å². The van der Waals surface area contributed by atoms with Crippen molar-refractivity contribution in [1.29, 1.82) is 0 Å². The molecule has 3 aromatic heterocycles. The van der Waals surface area contributed by atoms with Crippen molar-refractivity contribution in [3.05, 3.63) is 46.9 Å². The van der Waals surface area contributed by atoms with E-state index in [0.29, 0.717) is 35.5 Å². The summed E-state index contributed by atoms with van der Waals surface area (Å²) in [4.78, 5) is 26.6. The van der Waals surface area contributed by atoms with E-state index in [0.717, 1.165) is 35.7 Å². The van der Waals surface area contributed by atoms with Crippen molar-refractivity contribution >= 4 is 17.5 Å². The van der Waals surface area contributed by atoms with Crippen LogP contribution in [-0.4, -0.2) is 44.7 Å². The second-order valence-corrected chi connectivity index (χ2v) is 9.44. The van der Waals surface area contributed by atoms with Crippen molar-refractivity contribution in [1.82, 2.24) is 24.7 Å². The van der Waals surface area contributed by atoms with E-state index in [2.05, 4.69) is 21.7 Å². The maximum Gasteiger partial charge on any atom is 0.260 e. The van der Waals surface area contributed by atoms with Gasteiger partial charge in [-0.3, -0.25) is 9.69 Å². The van der Waals surface area contributed by atoms with Gasteiger partial charge in [-0.15, -0.1) is 10.2 Å².